The highest BCUT2D eigenvalue weighted by molar-refractivity contribution is 6.14. The number of hydrogen-bond donors (Lipinski definition) is 6. The van der Waals surface area contributed by atoms with Crippen molar-refractivity contribution in [1.82, 2.24) is 0 Å². The number of aromatic hydroxyl groups is 2. The van der Waals surface area contributed by atoms with E-state index >= 15 is 0 Å². The van der Waals surface area contributed by atoms with E-state index in [1.54, 1.807) is 158 Å². The Kier molecular flexibility index (Phi) is 15.1. The van der Waals surface area contributed by atoms with Gasteiger partial charge in [0.25, 0.3) is 23.6 Å². The van der Waals surface area contributed by atoms with Gasteiger partial charge in [0, 0.05) is 33.5 Å². The molecule has 9 rings (SSSR count). The Morgan fingerprint density at radius 2 is 0.789 bits per heavy atom. The molecule has 0 spiro atoms. The SMILES string of the molecule is CCc1c(NC(=O)c2cc3ccccc3c(N=Nc3cccc(C(=O)Nc4ccccc4)c3OC)c2O)ccc(NC(=O)c2cc3ccccc3c(N=Nc3cccc(C(=O)Nc4ccccc4)c3OC)c2O)c1CC. The van der Waals surface area contributed by atoms with Gasteiger partial charge in [-0.2, -0.15) is 0 Å². The van der Waals surface area contributed by atoms with E-state index in [0.29, 0.717) is 57.1 Å². The van der Waals surface area contributed by atoms with Crippen molar-refractivity contribution in [3.8, 4) is 23.0 Å². The quantitative estimate of drug-likeness (QED) is 0.0509. The summed E-state index contributed by atoms with van der Waals surface area (Å²) in [5.74, 6) is -2.65. The van der Waals surface area contributed by atoms with Crippen LogP contribution < -0.4 is 30.7 Å². The van der Waals surface area contributed by atoms with Crippen molar-refractivity contribution in [2.75, 3.05) is 35.5 Å². The number of para-hydroxylation sites is 4. The number of ether oxygens (including phenoxy) is 2. The summed E-state index contributed by atoms with van der Waals surface area (Å²) < 4.78 is 11.3. The normalized spacial score (nSPS) is 11.2. The molecule has 0 atom stereocenters. The van der Waals surface area contributed by atoms with Gasteiger partial charge in [-0.1, -0.05) is 111 Å². The number of carbonyl (C=O) groups excluding carboxylic acids is 4. The van der Waals surface area contributed by atoms with Gasteiger partial charge >= 0.3 is 0 Å². The number of benzene rings is 9. The minimum atomic E-state index is -0.632. The lowest BCUT2D eigenvalue weighted by molar-refractivity contribution is 0.101. The van der Waals surface area contributed by atoms with Crippen molar-refractivity contribution in [3.63, 3.8) is 0 Å². The van der Waals surface area contributed by atoms with Gasteiger partial charge in [-0.15, -0.1) is 20.5 Å². The minimum Gasteiger partial charge on any atom is -0.505 e. The molecular weight excluding hydrogens is 961 g/mol. The zero-order valence-electron chi connectivity index (χ0n) is 41.7. The van der Waals surface area contributed by atoms with Crippen LogP contribution in [0.2, 0.25) is 0 Å². The average Bonchev–Trinajstić information content (AvgIpc) is 3.46. The van der Waals surface area contributed by atoms with Crippen molar-refractivity contribution >= 4 is 90.7 Å². The maximum atomic E-state index is 14.3. The van der Waals surface area contributed by atoms with E-state index in [2.05, 4.69) is 41.7 Å². The molecule has 4 amide bonds. The number of nitrogens with zero attached hydrogens (tertiary/aromatic N) is 4. The molecule has 76 heavy (non-hydrogen) atoms. The predicted molar refractivity (Wildman–Crippen MR) is 295 cm³/mol. The number of nitrogens with one attached hydrogen (secondary N) is 4. The first-order valence-corrected chi connectivity index (χ1v) is 24.2. The molecule has 0 saturated heterocycles. The third kappa shape index (κ3) is 10.5. The standard InChI is InChI=1S/C60H50N8O8/c1-5-39-40(6-2)48(64-60(74)46-34-36-20-14-16-26-42(36)52(54(46)70)68-66-50-30-18-28-44(56(50)76-4)58(72)62-38-23-11-8-12-24-38)32-31-47(39)63-59(73)45-33-35-19-13-15-25-41(35)51(53(45)69)67-65-49-29-17-27-43(55(49)75-3)57(71)61-37-21-9-7-10-22-37/h7-34,69-70H,5-6H2,1-4H3,(H,61,71)(H,62,72)(H,63,73)(H,64,74). The Hall–Kier alpha value is -10.2. The zero-order chi connectivity index (χ0) is 53.3. The number of methoxy groups -OCH3 is 2. The smallest absolute Gasteiger partial charge is 0.259 e. The first-order valence-electron chi connectivity index (χ1n) is 24.2. The van der Waals surface area contributed by atoms with E-state index in [4.69, 9.17) is 9.47 Å². The topological polar surface area (TPSA) is 225 Å². The summed E-state index contributed by atoms with van der Waals surface area (Å²) in [6.07, 6.45) is 0.889. The highest BCUT2D eigenvalue weighted by atomic mass is 16.5. The van der Waals surface area contributed by atoms with Gasteiger partial charge in [0.2, 0.25) is 0 Å². The number of rotatable bonds is 16. The van der Waals surface area contributed by atoms with E-state index in [1.165, 1.54) is 14.2 Å². The van der Waals surface area contributed by atoms with E-state index in [0.717, 1.165) is 11.1 Å². The lowest BCUT2D eigenvalue weighted by Crippen LogP contribution is -2.17. The van der Waals surface area contributed by atoms with Crippen LogP contribution in [0, 0.1) is 0 Å². The van der Waals surface area contributed by atoms with Crippen LogP contribution in [0.5, 0.6) is 23.0 Å². The summed E-state index contributed by atoms with van der Waals surface area (Å²) in [7, 11) is 2.83. The Morgan fingerprint density at radius 3 is 1.17 bits per heavy atom. The number of amides is 4. The van der Waals surface area contributed by atoms with E-state index in [-0.39, 0.29) is 56.5 Å². The molecule has 378 valence electrons. The molecule has 0 aliphatic carbocycles. The van der Waals surface area contributed by atoms with Gasteiger partial charge in [0.05, 0.1) is 36.5 Å². The maximum Gasteiger partial charge on any atom is 0.259 e. The summed E-state index contributed by atoms with van der Waals surface area (Å²) in [6, 6.07) is 48.3. The van der Waals surface area contributed by atoms with Gasteiger partial charge in [-0.05, 0) is 108 Å². The average molecular weight is 1010 g/mol. The minimum absolute atomic E-state index is 0.0199. The third-order valence-corrected chi connectivity index (χ3v) is 12.6. The van der Waals surface area contributed by atoms with Crippen LogP contribution in [0.3, 0.4) is 0 Å². The number of hydrogen-bond acceptors (Lipinski definition) is 12. The Bertz CT molecular complexity index is 3530. The first kappa shape index (κ1) is 50.7. The molecule has 0 aliphatic heterocycles. The second kappa shape index (κ2) is 22.7. The number of azo groups is 2. The van der Waals surface area contributed by atoms with Crippen molar-refractivity contribution in [2.24, 2.45) is 20.5 Å². The van der Waals surface area contributed by atoms with Gasteiger partial charge in [-0.3, -0.25) is 19.2 Å². The Balaban J connectivity index is 0.987. The number of fused-ring (bicyclic) bond motifs is 2. The summed E-state index contributed by atoms with van der Waals surface area (Å²) in [5.41, 5.74) is 4.26. The maximum absolute atomic E-state index is 14.3. The molecule has 0 heterocycles. The van der Waals surface area contributed by atoms with Crippen LogP contribution in [-0.2, 0) is 12.8 Å². The molecule has 0 radical (unpaired) electrons. The molecule has 0 aromatic heterocycles. The van der Waals surface area contributed by atoms with Gasteiger partial charge in [-0.25, -0.2) is 0 Å². The highest BCUT2D eigenvalue weighted by Gasteiger charge is 2.25. The van der Waals surface area contributed by atoms with Crippen LogP contribution in [0.15, 0.2) is 190 Å². The van der Waals surface area contributed by atoms with Crippen molar-refractivity contribution < 1.29 is 38.9 Å². The molecule has 16 heteroatoms. The van der Waals surface area contributed by atoms with Gasteiger partial charge < -0.3 is 41.0 Å². The fraction of sp³-hybridized carbons (Fsp3) is 0.100. The first-order chi connectivity index (χ1) is 37.0. The lowest BCUT2D eigenvalue weighted by Gasteiger charge is -2.19. The molecular formula is C60H50N8O8. The molecule has 6 N–H and O–H groups in total. The zero-order valence-corrected chi connectivity index (χ0v) is 41.7. The molecule has 0 fully saturated rings. The summed E-state index contributed by atoms with van der Waals surface area (Å²) in [4.78, 5) is 55.3. The number of carbonyl (C=O) groups is 4. The molecule has 0 unspecified atom stereocenters. The molecule has 0 aliphatic rings. The van der Waals surface area contributed by atoms with E-state index in [9.17, 15) is 29.4 Å². The largest absolute Gasteiger partial charge is 0.505 e. The Morgan fingerprint density at radius 1 is 0.421 bits per heavy atom. The third-order valence-electron chi connectivity index (χ3n) is 12.6. The second-order valence-electron chi connectivity index (χ2n) is 17.2. The fourth-order valence-corrected chi connectivity index (χ4v) is 8.94. The Labute approximate surface area is 436 Å². The molecule has 9 aromatic rings. The van der Waals surface area contributed by atoms with Crippen LogP contribution in [0.4, 0.5) is 45.5 Å². The summed E-state index contributed by atoms with van der Waals surface area (Å²) >= 11 is 0. The fourth-order valence-electron chi connectivity index (χ4n) is 8.94. The van der Waals surface area contributed by atoms with Crippen molar-refractivity contribution in [2.45, 2.75) is 26.7 Å². The van der Waals surface area contributed by atoms with Crippen LogP contribution >= 0.6 is 0 Å². The number of anilines is 4. The van der Waals surface area contributed by atoms with E-state index < -0.39 is 35.1 Å². The van der Waals surface area contributed by atoms with E-state index in [1.807, 2.05) is 26.0 Å². The van der Waals surface area contributed by atoms with Gasteiger partial charge in [0.15, 0.2) is 23.0 Å². The lowest BCUT2D eigenvalue weighted by atomic mass is 9.97. The van der Waals surface area contributed by atoms with Crippen LogP contribution in [0.25, 0.3) is 21.5 Å². The van der Waals surface area contributed by atoms with Crippen LogP contribution in [-0.4, -0.2) is 48.1 Å². The monoisotopic (exact) mass is 1010 g/mol. The molecule has 9 aromatic carbocycles. The molecule has 0 saturated carbocycles. The van der Waals surface area contributed by atoms with Crippen molar-refractivity contribution in [1.29, 1.82) is 0 Å². The molecule has 16 nitrogen and oxygen atoms in total. The highest BCUT2D eigenvalue weighted by Crippen LogP contribution is 2.44. The summed E-state index contributed by atoms with van der Waals surface area (Å²) in [5, 5.41) is 55.3. The summed E-state index contributed by atoms with van der Waals surface area (Å²) in [6.45, 7) is 3.84. The van der Waals surface area contributed by atoms with Crippen LogP contribution in [0.1, 0.15) is 66.4 Å². The number of phenols is 2. The molecule has 0 bridgehead atoms. The second-order valence-corrected chi connectivity index (χ2v) is 17.2. The predicted octanol–water partition coefficient (Wildman–Crippen LogP) is 14.4. The number of phenolic OH excluding ortho intramolecular Hbond substituents is 2. The van der Waals surface area contributed by atoms with Gasteiger partial charge in [0.1, 0.15) is 22.7 Å². The van der Waals surface area contributed by atoms with Crippen molar-refractivity contribution in [3.05, 3.63) is 203 Å².